The smallest absolute Gasteiger partial charge is 0.135 e. The van der Waals surface area contributed by atoms with Gasteiger partial charge in [0.05, 0.1) is 6.10 Å². The minimum absolute atomic E-state index is 0.0730. The lowest BCUT2D eigenvalue weighted by Gasteiger charge is -2.35. The van der Waals surface area contributed by atoms with Gasteiger partial charge >= 0.3 is 0 Å². The molecule has 1 aromatic carbocycles. The summed E-state index contributed by atoms with van der Waals surface area (Å²) in [7, 11) is 1.92. The Morgan fingerprint density at radius 2 is 2.22 bits per heavy atom. The maximum atomic E-state index is 13.7. The van der Waals surface area contributed by atoms with Crippen molar-refractivity contribution < 1.29 is 9.50 Å². The van der Waals surface area contributed by atoms with Crippen LogP contribution in [0.3, 0.4) is 0 Å². The van der Waals surface area contributed by atoms with Gasteiger partial charge in [-0.15, -0.1) is 0 Å². The second-order valence-electron chi connectivity index (χ2n) is 4.90. The van der Waals surface area contributed by atoms with E-state index in [1.54, 1.807) is 6.07 Å². The molecule has 1 aliphatic carbocycles. The Kier molecular flexibility index (Phi) is 3.82. The quantitative estimate of drug-likeness (QED) is 0.816. The summed E-state index contributed by atoms with van der Waals surface area (Å²) in [5, 5.41) is 9.24. The lowest BCUT2D eigenvalue weighted by Crippen LogP contribution is -2.37. The number of anilines is 1. The van der Waals surface area contributed by atoms with Gasteiger partial charge in [0.2, 0.25) is 0 Å². The standard InChI is InChI=1S/C13H17FN2OS/c1-16(7-8-4-10(17)5-8)9-2-3-11(13(15)18)12(14)6-9/h2-3,6,8,10,17H,4-5,7H2,1H3,(H2,15,18). The highest BCUT2D eigenvalue weighted by molar-refractivity contribution is 7.80. The first kappa shape index (κ1) is 13.2. The van der Waals surface area contributed by atoms with Crippen molar-refractivity contribution in [1.82, 2.24) is 0 Å². The zero-order valence-corrected chi connectivity index (χ0v) is 11.1. The Labute approximate surface area is 111 Å². The number of aliphatic hydroxyl groups excluding tert-OH is 1. The van der Waals surface area contributed by atoms with Crippen molar-refractivity contribution in [2.45, 2.75) is 18.9 Å². The molecule has 1 saturated carbocycles. The van der Waals surface area contributed by atoms with Gasteiger partial charge in [0.15, 0.2) is 0 Å². The van der Waals surface area contributed by atoms with Crippen LogP contribution in [-0.2, 0) is 0 Å². The number of rotatable bonds is 4. The average molecular weight is 268 g/mol. The lowest BCUT2D eigenvalue weighted by molar-refractivity contribution is 0.0465. The lowest BCUT2D eigenvalue weighted by atomic mass is 9.82. The highest BCUT2D eigenvalue weighted by atomic mass is 32.1. The SMILES string of the molecule is CN(CC1CC(O)C1)c1ccc(C(N)=S)c(F)c1. The third-order valence-electron chi connectivity index (χ3n) is 3.40. The summed E-state index contributed by atoms with van der Waals surface area (Å²) >= 11 is 4.77. The highest BCUT2D eigenvalue weighted by Gasteiger charge is 2.28. The number of thiocarbonyl (C=S) groups is 1. The Morgan fingerprint density at radius 1 is 1.56 bits per heavy atom. The summed E-state index contributed by atoms with van der Waals surface area (Å²) in [5.74, 6) is 0.101. The van der Waals surface area contributed by atoms with Crippen molar-refractivity contribution in [2.75, 3.05) is 18.5 Å². The molecule has 0 saturated heterocycles. The normalized spacial score (nSPS) is 22.4. The molecule has 0 aliphatic heterocycles. The van der Waals surface area contributed by atoms with Crippen molar-refractivity contribution in [3.8, 4) is 0 Å². The van der Waals surface area contributed by atoms with Gasteiger partial charge < -0.3 is 15.7 Å². The summed E-state index contributed by atoms with van der Waals surface area (Å²) < 4.78 is 13.7. The van der Waals surface area contributed by atoms with Crippen LogP contribution in [0.1, 0.15) is 18.4 Å². The molecule has 98 valence electrons. The molecule has 0 unspecified atom stereocenters. The number of benzene rings is 1. The van der Waals surface area contributed by atoms with E-state index in [-0.39, 0.29) is 22.5 Å². The topological polar surface area (TPSA) is 49.5 Å². The molecule has 0 bridgehead atoms. The largest absolute Gasteiger partial charge is 0.393 e. The zero-order valence-electron chi connectivity index (χ0n) is 10.3. The van der Waals surface area contributed by atoms with Crippen molar-refractivity contribution in [2.24, 2.45) is 11.7 Å². The number of halogens is 1. The molecule has 3 nitrogen and oxygen atoms in total. The monoisotopic (exact) mass is 268 g/mol. The van der Waals surface area contributed by atoms with Gasteiger partial charge in [-0.2, -0.15) is 0 Å². The Bertz CT molecular complexity index is 460. The van der Waals surface area contributed by atoms with Crippen molar-refractivity contribution >= 4 is 22.9 Å². The first-order chi connectivity index (χ1) is 8.47. The van der Waals surface area contributed by atoms with E-state index in [2.05, 4.69) is 0 Å². The molecule has 1 fully saturated rings. The Hall–Kier alpha value is -1.20. The molecular formula is C13H17FN2OS. The summed E-state index contributed by atoms with van der Waals surface area (Å²) in [6, 6.07) is 4.87. The van der Waals surface area contributed by atoms with E-state index in [1.165, 1.54) is 6.07 Å². The molecule has 2 rings (SSSR count). The second-order valence-corrected chi connectivity index (χ2v) is 5.34. The van der Waals surface area contributed by atoms with Crippen LogP contribution in [0, 0.1) is 11.7 Å². The van der Waals surface area contributed by atoms with Crippen LogP contribution in [0.15, 0.2) is 18.2 Å². The highest BCUT2D eigenvalue weighted by Crippen LogP contribution is 2.29. The number of nitrogens with two attached hydrogens (primary N) is 1. The van der Waals surface area contributed by atoms with E-state index in [0.29, 0.717) is 5.92 Å². The summed E-state index contributed by atoms with van der Waals surface area (Å²) in [5.41, 5.74) is 6.50. The fourth-order valence-corrected chi connectivity index (χ4v) is 2.45. The molecule has 0 heterocycles. The first-order valence-electron chi connectivity index (χ1n) is 5.96. The zero-order chi connectivity index (χ0) is 13.3. The molecule has 0 spiro atoms. The van der Waals surface area contributed by atoms with Crippen LogP contribution in [-0.4, -0.2) is 29.8 Å². The minimum Gasteiger partial charge on any atom is -0.393 e. The summed E-state index contributed by atoms with van der Waals surface area (Å²) in [6.07, 6.45) is 1.51. The molecule has 0 aromatic heterocycles. The predicted octanol–water partition coefficient (Wildman–Crippen LogP) is 1.67. The molecule has 0 radical (unpaired) electrons. The van der Waals surface area contributed by atoms with Gasteiger partial charge in [-0.25, -0.2) is 4.39 Å². The van der Waals surface area contributed by atoms with Gasteiger partial charge in [0, 0.05) is 24.8 Å². The van der Waals surface area contributed by atoms with E-state index in [4.69, 9.17) is 18.0 Å². The molecule has 0 amide bonds. The molecular weight excluding hydrogens is 251 g/mol. The molecule has 3 N–H and O–H groups in total. The molecule has 1 aliphatic rings. The van der Waals surface area contributed by atoms with Gasteiger partial charge in [0.25, 0.3) is 0 Å². The Balaban J connectivity index is 2.04. The van der Waals surface area contributed by atoms with Crippen LogP contribution >= 0.6 is 12.2 Å². The summed E-state index contributed by atoms with van der Waals surface area (Å²) in [4.78, 5) is 2.06. The van der Waals surface area contributed by atoms with Crippen LogP contribution in [0.2, 0.25) is 0 Å². The van der Waals surface area contributed by atoms with Crippen molar-refractivity contribution in [3.05, 3.63) is 29.6 Å². The van der Waals surface area contributed by atoms with Crippen LogP contribution < -0.4 is 10.6 Å². The number of hydrogen-bond donors (Lipinski definition) is 2. The van der Waals surface area contributed by atoms with Crippen molar-refractivity contribution in [3.63, 3.8) is 0 Å². The van der Waals surface area contributed by atoms with Crippen LogP contribution in [0.4, 0.5) is 10.1 Å². The predicted molar refractivity (Wildman–Crippen MR) is 74.3 cm³/mol. The maximum absolute atomic E-state index is 13.7. The fourth-order valence-electron chi connectivity index (χ4n) is 2.28. The summed E-state index contributed by atoms with van der Waals surface area (Å²) in [6.45, 7) is 0.822. The van der Waals surface area contributed by atoms with Gasteiger partial charge in [-0.05, 0) is 37.0 Å². The van der Waals surface area contributed by atoms with Crippen molar-refractivity contribution in [1.29, 1.82) is 0 Å². The third-order valence-corrected chi connectivity index (χ3v) is 3.62. The molecule has 0 atom stereocenters. The number of hydrogen-bond acceptors (Lipinski definition) is 3. The van der Waals surface area contributed by atoms with E-state index >= 15 is 0 Å². The Morgan fingerprint density at radius 3 is 2.72 bits per heavy atom. The van der Waals surface area contributed by atoms with E-state index in [0.717, 1.165) is 25.1 Å². The van der Waals surface area contributed by atoms with Crippen LogP contribution in [0.25, 0.3) is 0 Å². The van der Waals surface area contributed by atoms with E-state index in [1.807, 2.05) is 18.0 Å². The number of aliphatic hydroxyl groups is 1. The van der Waals surface area contributed by atoms with E-state index < -0.39 is 0 Å². The van der Waals surface area contributed by atoms with Gasteiger partial charge in [-0.1, -0.05) is 12.2 Å². The minimum atomic E-state index is -0.388. The third kappa shape index (κ3) is 2.79. The van der Waals surface area contributed by atoms with Crippen LogP contribution in [0.5, 0.6) is 0 Å². The first-order valence-corrected chi connectivity index (χ1v) is 6.36. The van der Waals surface area contributed by atoms with E-state index in [9.17, 15) is 9.50 Å². The van der Waals surface area contributed by atoms with Gasteiger partial charge in [-0.3, -0.25) is 0 Å². The molecule has 18 heavy (non-hydrogen) atoms. The number of nitrogens with zero attached hydrogens (tertiary/aromatic N) is 1. The maximum Gasteiger partial charge on any atom is 0.135 e. The molecule has 5 heteroatoms. The second kappa shape index (κ2) is 5.20. The molecule has 1 aromatic rings. The van der Waals surface area contributed by atoms with Gasteiger partial charge in [0.1, 0.15) is 10.8 Å². The fraction of sp³-hybridized carbons (Fsp3) is 0.462. The average Bonchev–Trinajstić information content (AvgIpc) is 2.26.